The summed E-state index contributed by atoms with van der Waals surface area (Å²) in [6, 6.07) is 0.130. The third kappa shape index (κ3) is 3.31. The zero-order valence-corrected chi connectivity index (χ0v) is 16.3. The normalized spacial score (nSPS) is 17.0. The Bertz CT molecular complexity index is 1020. The van der Waals surface area contributed by atoms with Crippen LogP contribution in [0.25, 0.3) is 16.9 Å². The smallest absolute Gasteiger partial charge is 0.243 e. The maximum Gasteiger partial charge on any atom is 0.243 e. The summed E-state index contributed by atoms with van der Waals surface area (Å²) in [7, 11) is -3.13. The minimum absolute atomic E-state index is 0.130. The molecule has 1 aliphatic heterocycles. The summed E-state index contributed by atoms with van der Waals surface area (Å²) in [6.07, 6.45) is 7.72. The van der Waals surface area contributed by atoms with Crippen LogP contribution in [0.15, 0.2) is 23.2 Å². The molecule has 0 unspecified atom stereocenters. The monoisotopic (exact) mass is 440 g/mol. The Labute approximate surface area is 158 Å². The van der Waals surface area contributed by atoms with E-state index < -0.39 is 10.0 Å². The zero-order valence-electron chi connectivity index (χ0n) is 13.9. The fourth-order valence-corrected chi connectivity index (χ4v) is 4.46. The SMILES string of the molecule is CS(=O)(=O)N1CCC(Nc2nc3c(Br)c(-c4cn[nH]c4)ncn3n2)CC1. The van der Waals surface area contributed by atoms with E-state index in [1.165, 1.54) is 10.6 Å². The van der Waals surface area contributed by atoms with Gasteiger partial charge in [-0.2, -0.15) is 14.6 Å². The fourth-order valence-electron chi connectivity index (χ4n) is 2.99. The first-order valence-corrected chi connectivity index (χ1v) is 10.7. The summed E-state index contributed by atoms with van der Waals surface area (Å²) < 4.78 is 27.0. The minimum atomic E-state index is -3.13. The average molecular weight is 441 g/mol. The molecule has 2 N–H and O–H groups in total. The van der Waals surface area contributed by atoms with Gasteiger partial charge in [0.2, 0.25) is 16.0 Å². The fraction of sp³-hybridized carbons (Fsp3) is 0.429. The Morgan fingerprint density at radius 1 is 1.35 bits per heavy atom. The van der Waals surface area contributed by atoms with Crippen LogP contribution in [0.3, 0.4) is 0 Å². The molecule has 0 saturated carbocycles. The summed E-state index contributed by atoms with van der Waals surface area (Å²) in [5.41, 5.74) is 2.23. The van der Waals surface area contributed by atoms with E-state index in [1.807, 2.05) is 0 Å². The Kier molecular flexibility index (Phi) is 4.40. The summed E-state index contributed by atoms with van der Waals surface area (Å²) >= 11 is 3.54. The number of aromatic amines is 1. The van der Waals surface area contributed by atoms with Crippen molar-refractivity contribution < 1.29 is 8.42 Å². The molecule has 0 bridgehead atoms. The van der Waals surface area contributed by atoms with Crippen LogP contribution >= 0.6 is 15.9 Å². The van der Waals surface area contributed by atoms with Gasteiger partial charge in [0.25, 0.3) is 0 Å². The number of rotatable bonds is 4. The molecule has 138 valence electrons. The molecule has 1 aliphatic rings. The van der Waals surface area contributed by atoms with Crippen molar-refractivity contribution in [3.05, 3.63) is 23.2 Å². The maximum absolute atomic E-state index is 11.6. The Morgan fingerprint density at radius 3 is 2.77 bits per heavy atom. The van der Waals surface area contributed by atoms with Crippen molar-refractivity contribution in [2.45, 2.75) is 18.9 Å². The molecule has 0 amide bonds. The molecule has 4 heterocycles. The van der Waals surface area contributed by atoms with Crippen LogP contribution in [-0.4, -0.2) is 67.9 Å². The van der Waals surface area contributed by atoms with Gasteiger partial charge >= 0.3 is 0 Å². The quantitative estimate of drug-likeness (QED) is 0.622. The summed E-state index contributed by atoms with van der Waals surface area (Å²) in [6.45, 7) is 1.000. The molecule has 1 saturated heterocycles. The van der Waals surface area contributed by atoms with Gasteiger partial charge in [0.15, 0.2) is 5.65 Å². The number of halogens is 1. The average Bonchev–Trinajstić information content (AvgIpc) is 3.25. The van der Waals surface area contributed by atoms with Crippen molar-refractivity contribution in [2.75, 3.05) is 24.7 Å². The summed E-state index contributed by atoms with van der Waals surface area (Å²) in [5.74, 6) is 0.495. The van der Waals surface area contributed by atoms with Crippen LogP contribution in [-0.2, 0) is 10.0 Å². The molecule has 3 aromatic heterocycles. The van der Waals surface area contributed by atoms with E-state index in [9.17, 15) is 8.42 Å². The van der Waals surface area contributed by atoms with Crippen molar-refractivity contribution in [2.24, 2.45) is 0 Å². The van der Waals surface area contributed by atoms with Crippen molar-refractivity contribution in [1.82, 2.24) is 34.1 Å². The van der Waals surface area contributed by atoms with Gasteiger partial charge in [0, 0.05) is 30.9 Å². The molecule has 0 aliphatic carbocycles. The van der Waals surface area contributed by atoms with E-state index in [2.05, 4.69) is 46.5 Å². The molecule has 0 aromatic carbocycles. The number of nitrogens with one attached hydrogen (secondary N) is 2. The number of H-pyrrole nitrogens is 1. The highest BCUT2D eigenvalue weighted by molar-refractivity contribution is 9.10. The van der Waals surface area contributed by atoms with Crippen molar-refractivity contribution >= 4 is 37.5 Å². The van der Waals surface area contributed by atoms with E-state index in [1.54, 1.807) is 23.2 Å². The number of hydrogen-bond donors (Lipinski definition) is 2. The van der Waals surface area contributed by atoms with Gasteiger partial charge in [-0.05, 0) is 28.8 Å². The second kappa shape index (κ2) is 6.59. The predicted molar refractivity (Wildman–Crippen MR) is 99.1 cm³/mol. The van der Waals surface area contributed by atoms with E-state index in [-0.39, 0.29) is 6.04 Å². The topological polar surface area (TPSA) is 121 Å². The molecule has 3 aromatic rings. The minimum Gasteiger partial charge on any atom is -0.350 e. The molecule has 10 nitrogen and oxygen atoms in total. The van der Waals surface area contributed by atoms with E-state index >= 15 is 0 Å². The molecule has 0 atom stereocenters. The molecule has 12 heteroatoms. The van der Waals surface area contributed by atoms with Crippen molar-refractivity contribution in [3.63, 3.8) is 0 Å². The molecular weight excluding hydrogens is 424 g/mol. The highest BCUT2D eigenvalue weighted by Gasteiger charge is 2.25. The second-order valence-corrected chi connectivity index (χ2v) is 8.95. The molecule has 0 spiro atoms. The van der Waals surface area contributed by atoms with Crippen LogP contribution in [0.5, 0.6) is 0 Å². The van der Waals surface area contributed by atoms with Gasteiger partial charge in [0.1, 0.15) is 6.33 Å². The molecule has 26 heavy (non-hydrogen) atoms. The van der Waals surface area contributed by atoms with Gasteiger partial charge in [0.05, 0.1) is 22.6 Å². The first-order chi connectivity index (χ1) is 12.4. The molecule has 0 radical (unpaired) electrons. The summed E-state index contributed by atoms with van der Waals surface area (Å²) in [5, 5.41) is 14.4. The molecule has 4 rings (SSSR count). The number of sulfonamides is 1. The number of fused-ring (bicyclic) bond motifs is 1. The van der Waals surface area contributed by atoms with Crippen molar-refractivity contribution in [1.29, 1.82) is 0 Å². The van der Waals surface area contributed by atoms with Gasteiger partial charge < -0.3 is 5.32 Å². The van der Waals surface area contributed by atoms with Crippen LogP contribution < -0.4 is 5.32 Å². The number of anilines is 1. The maximum atomic E-state index is 11.6. The lowest BCUT2D eigenvalue weighted by molar-refractivity contribution is 0.331. The first kappa shape index (κ1) is 17.4. The predicted octanol–water partition coefficient (Wildman–Crippen LogP) is 1.11. The number of aromatic nitrogens is 6. The van der Waals surface area contributed by atoms with Crippen molar-refractivity contribution in [3.8, 4) is 11.3 Å². The Hall–Kier alpha value is -2.05. The molecular formula is C14H17BrN8O2S. The second-order valence-electron chi connectivity index (χ2n) is 6.18. The lowest BCUT2D eigenvalue weighted by Crippen LogP contribution is -2.41. The van der Waals surface area contributed by atoms with E-state index in [0.717, 1.165) is 15.7 Å². The first-order valence-electron chi connectivity index (χ1n) is 8.03. The van der Waals surface area contributed by atoms with E-state index in [0.29, 0.717) is 37.5 Å². The van der Waals surface area contributed by atoms with Crippen LogP contribution in [0, 0.1) is 0 Å². The highest BCUT2D eigenvalue weighted by atomic mass is 79.9. The zero-order chi connectivity index (χ0) is 18.3. The summed E-state index contributed by atoms with van der Waals surface area (Å²) in [4.78, 5) is 8.93. The third-order valence-electron chi connectivity index (χ3n) is 4.36. The standard InChI is InChI=1S/C14H17BrN8O2S/c1-26(24,25)22-4-2-10(3-5-22)19-14-20-13-11(15)12(9-6-17-18-7-9)16-8-23(13)21-14/h6-8,10H,2-5H2,1H3,(H,17,18)(H,19,21). The highest BCUT2D eigenvalue weighted by Crippen LogP contribution is 2.28. The lowest BCUT2D eigenvalue weighted by atomic mass is 10.1. The van der Waals surface area contributed by atoms with Crippen LogP contribution in [0.2, 0.25) is 0 Å². The van der Waals surface area contributed by atoms with Gasteiger partial charge in [-0.3, -0.25) is 5.10 Å². The number of nitrogens with zero attached hydrogens (tertiary/aromatic N) is 6. The van der Waals surface area contributed by atoms with Gasteiger partial charge in [-0.15, -0.1) is 5.10 Å². The Balaban J connectivity index is 1.53. The number of hydrogen-bond acceptors (Lipinski definition) is 7. The third-order valence-corrected chi connectivity index (χ3v) is 6.39. The van der Waals surface area contributed by atoms with Gasteiger partial charge in [-0.25, -0.2) is 17.7 Å². The molecule has 1 fully saturated rings. The van der Waals surface area contributed by atoms with Gasteiger partial charge in [-0.1, -0.05) is 0 Å². The number of piperidine rings is 1. The largest absolute Gasteiger partial charge is 0.350 e. The van der Waals surface area contributed by atoms with Crippen LogP contribution in [0.4, 0.5) is 5.95 Å². The Morgan fingerprint density at radius 2 is 2.12 bits per heavy atom. The van der Waals surface area contributed by atoms with Crippen LogP contribution in [0.1, 0.15) is 12.8 Å². The lowest BCUT2D eigenvalue weighted by Gasteiger charge is -2.30. The van der Waals surface area contributed by atoms with E-state index in [4.69, 9.17) is 0 Å².